The van der Waals surface area contributed by atoms with Gasteiger partial charge in [0, 0.05) is 17.4 Å². The normalized spacial score (nSPS) is 13.5. The minimum atomic E-state index is -4.76. The average Bonchev–Trinajstić information content (AvgIpc) is 2.70. The van der Waals surface area contributed by atoms with E-state index in [1.165, 1.54) is 19.1 Å². The van der Waals surface area contributed by atoms with Gasteiger partial charge in [-0.15, -0.1) is 0 Å². The fraction of sp³-hybridized carbons (Fsp3) is 0.286. The molecule has 0 unspecified atom stereocenters. The summed E-state index contributed by atoms with van der Waals surface area (Å²) in [5.74, 6) is -1.23. The fourth-order valence-corrected chi connectivity index (χ4v) is 3.13. The van der Waals surface area contributed by atoms with E-state index in [4.69, 9.17) is 16.6 Å². The van der Waals surface area contributed by atoms with E-state index in [0.29, 0.717) is 6.07 Å². The van der Waals surface area contributed by atoms with Gasteiger partial charge in [0.25, 0.3) is 5.54 Å². The van der Waals surface area contributed by atoms with Crippen LogP contribution < -0.4 is 4.74 Å². The average molecular weight is 472 g/mol. The Morgan fingerprint density at radius 2 is 1.75 bits per heavy atom. The van der Waals surface area contributed by atoms with Crippen LogP contribution in [0.4, 0.5) is 26.3 Å². The van der Waals surface area contributed by atoms with Gasteiger partial charge in [-0.3, -0.25) is 4.79 Å². The molecule has 168 valence electrons. The predicted molar refractivity (Wildman–Crippen MR) is 104 cm³/mol. The zero-order chi connectivity index (χ0) is 24.2. The second-order valence-electron chi connectivity index (χ2n) is 6.89. The number of nitrogens with zero attached hydrogens (tertiary/aromatic N) is 2. The molecule has 2 rings (SSSR count). The molecule has 11 heteroatoms. The van der Waals surface area contributed by atoms with E-state index in [2.05, 4.69) is 4.85 Å². The van der Waals surface area contributed by atoms with E-state index in [-0.39, 0.29) is 27.8 Å². The summed E-state index contributed by atoms with van der Waals surface area (Å²) < 4.78 is 82.0. The lowest BCUT2D eigenvalue weighted by atomic mass is 9.94. The molecule has 0 aliphatic heterocycles. The molecule has 0 fully saturated rings. The number of hydrogen-bond donors (Lipinski definition) is 0. The van der Waals surface area contributed by atoms with Gasteiger partial charge >= 0.3 is 11.7 Å². The minimum absolute atomic E-state index is 0.0499. The zero-order valence-electron chi connectivity index (χ0n) is 16.3. The highest BCUT2D eigenvalue weighted by Gasteiger charge is 2.38. The second kappa shape index (κ2) is 9.53. The number of alkyl halides is 6. The van der Waals surface area contributed by atoms with Crippen LogP contribution in [0.25, 0.3) is 4.85 Å². The molecule has 0 aromatic heterocycles. The molecule has 0 amide bonds. The summed E-state index contributed by atoms with van der Waals surface area (Å²) >= 11 is -0.344. The van der Waals surface area contributed by atoms with Crippen molar-refractivity contribution in [3.05, 3.63) is 70.6 Å². The third-order valence-electron chi connectivity index (χ3n) is 4.18. The monoisotopic (exact) mass is 472 g/mol. The summed E-state index contributed by atoms with van der Waals surface area (Å²) in [5, 5.41) is 8.91. The zero-order valence-corrected chi connectivity index (χ0v) is 17.2. The van der Waals surface area contributed by atoms with Gasteiger partial charge in [-0.25, -0.2) is 6.57 Å². The van der Waals surface area contributed by atoms with Gasteiger partial charge in [-0.2, -0.15) is 31.6 Å². The van der Waals surface area contributed by atoms with Crippen LogP contribution in [0.3, 0.4) is 0 Å². The molecule has 0 aliphatic carbocycles. The highest BCUT2D eigenvalue weighted by molar-refractivity contribution is 8.00. The summed E-state index contributed by atoms with van der Waals surface area (Å²) in [5.41, 5.74) is -7.20. The third kappa shape index (κ3) is 6.92. The number of ether oxygens (including phenoxy) is 1. The molecule has 32 heavy (non-hydrogen) atoms. The van der Waals surface area contributed by atoms with Gasteiger partial charge < -0.3 is 9.58 Å². The van der Waals surface area contributed by atoms with Gasteiger partial charge in [0.2, 0.25) is 0 Å². The first-order chi connectivity index (χ1) is 14.8. The van der Waals surface area contributed by atoms with Gasteiger partial charge in [-0.1, -0.05) is 12.1 Å². The molecular weight excluding hydrogens is 458 g/mol. The molecule has 0 saturated heterocycles. The van der Waals surface area contributed by atoms with Crippen LogP contribution in [-0.2, 0) is 6.18 Å². The quantitative estimate of drug-likeness (QED) is 0.199. The van der Waals surface area contributed by atoms with Crippen LogP contribution in [0, 0.1) is 17.9 Å². The maximum absolute atomic E-state index is 13.2. The molecule has 0 saturated carbocycles. The summed E-state index contributed by atoms with van der Waals surface area (Å²) in [6.45, 7) is 8.09. The van der Waals surface area contributed by atoms with E-state index in [1.807, 2.05) is 0 Å². The summed E-state index contributed by atoms with van der Waals surface area (Å²) in [4.78, 5) is 15.7. The summed E-state index contributed by atoms with van der Waals surface area (Å²) in [6.07, 6.45) is -5.20. The van der Waals surface area contributed by atoms with E-state index >= 15 is 0 Å². The molecule has 1 atom stereocenters. The van der Waals surface area contributed by atoms with Crippen molar-refractivity contribution in [2.24, 2.45) is 0 Å². The Labute approximate surface area is 183 Å². The molecular formula is C21H14F6N2O2S. The van der Waals surface area contributed by atoms with Crippen LogP contribution in [0.1, 0.15) is 34.8 Å². The van der Waals surface area contributed by atoms with Crippen molar-refractivity contribution < 1.29 is 35.9 Å². The van der Waals surface area contributed by atoms with Gasteiger partial charge in [0.1, 0.15) is 5.75 Å². The molecule has 0 radical (unpaired) electrons. The van der Waals surface area contributed by atoms with Crippen molar-refractivity contribution in [3.63, 3.8) is 0 Å². The van der Waals surface area contributed by atoms with Crippen LogP contribution in [-0.4, -0.2) is 23.4 Å². The number of benzene rings is 2. The lowest BCUT2D eigenvalue weighted by Gasteiger charge is -2.20. The Balaban J connectivity index is 2.16. The maximum Gasteiger partial charge on any atom is 0.446 e. The molecule has 4 nitrogen and oxygen atoms in total. The Bertz CT molecular complexity index is 1070. The summed E-state index contributed by atoms with van der Waals surface area (Å²) in [6, 6.07) is 8.84. The Kier molecular flexibility index (Phi) is 7.47. The van der Waals surface area contributed by atoms with Crippen molar-refractivity contribution in [2.75, 3.05) is 6.61 Å². The number of nitriles is 1. The van der Waals surface area contributed by atoms with Gasteiger partial charge in [-0.05, 0) is 42.1 Å². The number of halogens is 6. The number of carbonyl (C=O) groups is 1. The predicted octanol–water partition coefficient (Wildman–Crippen LogP) is 6.52. The van der Waals surface area contributed by atoms with Crippen molar-refractivity contribution in [2.45, 2.75) is 35.5 Å². The fourth-order valence-electron chi connectivity index (χ4n) is 2.59. The molecule has 0 aliphatic rings. The standard InChI is InChI=1S/C21H14F6N2O2S/c1-19(29-2,10-17(30)14-4-6-15(7-5-14)32-21(25,26)27)12-31-18-9-13(11-28)3-8-16(18)20(22,23)24/h3-9H,10,12H2,1H3/t19-/m1/s1. The first-order valence-electron chi connectivity index (χ1n) is 8.78. The van der Waals surface area contributed by atoms with E-state index in [1.54, 1.807) is 6.07 Å². The van der Waals surface area contributed by atoms with Crippen molar-refractivity contribution in [1.29, 1.82) is 5.26 Å². The van der Waals surface area contributed by atoms with Crippen LogP contribution >= 0.6 is 11.8 Å². The highest BCUT2D eigenvalue weighted by Crippen LogP contribution is 2.38. The first kappa shape index (κ1) is 25.1. The van der Waals surface area contributed by atoms with Crippen LogP contribution in [0.2, 0.25) is 0 Å². The number of Topliss-reactive ketones (excluding diaryl/α,β-unsaturated/α-hetero) is 1. The maximum atomic E-state index is 13.2. The smallest absolute Gasteiger partial charge is 0.446 e. The van der Waals surface area contributed by atoms with Gasteiger partial charge in [0.05, 0.1) is 23.6 Å². The number of ketones is 1. The molecule has 0 spiro atoms. The number of hydrogen-bond acceptors (Lipinski definition) is 4. The lowest BCUT2D eigenvalue weighted by molar-refractivity contribution is -0.139. The van der Waals surface area contributed by atoms with Gasteiger partial charge in [0.15, 0.2) is 12.4 Å². The second-order valence-corrected chi connectivity index (χ2v) is 8.03. The number of thioether (sulfide) groups is 1. The van der Waals surface area contributed by atoms with Crippen LogP contribution in [0.15, 0.2) is 47.4 Å². The first-order valence-corrected chi connectivity index (χ1v) is 9.60. The van der Waals surface area contributed by atoms with E-state index in [0.717, 1.165) is 24.3 Å². The van der Waals surface area contributed by atoms with Crippen LogP contribution in [0.5, 0.6) is 5.75 Å². The van der Waals surface area contributed by atoms with E-state index < -0.39 is 47.3 Å². The third-order valence-corrected chi connectivity index (χ3v) is 4.92. The molecule has 2 aromatic carbocycles. The van der Waals surface area contributed by atoms with Crippen molar-refractivity contribution in [1.82, 2.24) is 0 Å². The molecule has 0 N–H and O–H groups in total. The largest absolute Gasteiger partial charge is 0.484 e. The lowest BCUT2D eigenvalue weighted by Crippen LogP contribution is -2.32. The molecule has 0 heterocycles. The topological polar surface area (TPSA) is 54.4 Å². The Morgan fingerprint density at radius 1 is 1.12 bits per heavy atom. The highest BCUT2D eigenvalue weighted by atomic mass is 32.2. The summed E-state index contributed by atoms with van der Waals surface area (Å²) in [7, 11) is 0. The molecule has 0 bridgehead atoms. The van der Waals surface area contributed by atoms with Crippen molar-refractivity contribution in [3.8, 4) is 11.8 Å². The molecule has 2 aromatic rings. The number of carbonyl (C=O) groups excluding carboxylic acids is 1. The number of rotatable bonds is 7. The van der Waals surface area contributed by atoms with Crippen molar-refractivity contribution >= 4 is 17.5 Å². The Morgan fingerprint density at radius 3 is 2.25 bits per heavy atom. The minimum Gasteiger partial charge on any atom is -0.484 e. The SMILES string of the molecule is [C-]#[N+][C@@](C)(COc1cc(C#N)ccc1C(F)(F)F)CC(=O)c1ccc(SC(F)(F)F)cc1. The van der Waals surface area contributed by atoms with E-state index in [9.17, 15) is 31.1 Å². The Hall–Kier alpha value is -3.18.